The van der Waals surface area contributed by atoms with Crippen LogP contribution in [0.5, 0.6) is 0 Å². The van der Waals surface area contributed by atoms with Gasteiger partial charge in [-0.05, 0) is 43.7 Å². The normalized spacial score (nSPS) is 19.9. The van der Waals surface area contributed by atoms with E-state index in [-0.39, 0.29) is 24.4 Å². The minimum Gasteiger partial charge on any atom is -0.391 e. The average Bonchev–Trinajstić information content (AvgIpc) is 2.99. The topological polar surface area (TPSA) is 65.5 Å². The Morgan fingerprint density at radius 2 is 2.16 bits per heavy atom. The van der Waals surface area contributed by atoms with Gasteiger partial charge in [0.2, 0.25) is 0 Å². The number of aromatic nitrogens is 1. The van der Waals surface area contributed by atoms with E-state index >= 15 is 0 Å². The van der Waals surface area contributed by atoms with E-state index in [9.17, 15) is 18.7 Å². The summed E-state index contributed by atoms with van der Waals surface area (Å²) in [5.41, 5.74) is 0.602. The lowest BCUT2D eigenvalue weighted by atomic mass is 10.0. The Morgan fingerprint density at radius 1 is 1.36 bits per heavy atom. The predicted octanol–water partition coefficient (Wildman–Crippen LogP) is 2.42. The van der Waals surface area contributed by atoms with Crippen molar-refractivity contribution in [3.05, 3.63) is 59.3 Å². The van der Waals surface area contributed by atoms with Gasteiger partial charge in [-0.2, -0.15) is 0 Å². The van der Waals surface area contributed by atoms with Crippen LogP contribution >= 0.6 is 0 Å². The van der Waals surface area contributed by atoms with Crippen molar-refractivity contribution in [1.29, 1.82) is 0 Å². The van der Waals surface area contributed by atoms with E-state index in [4.69, 9.17) is 0 Å². The molecule has 1 saturated heterocycles. The van der Waals surface area contributed by atoms with Gasteiger partial charge in [-0.3, -0.25) is 4.79 Å². The third-order valence-corrected chi connectivity index (χ3v) is 4.24. The summed E-state index contributed by atoms with van der Waals surface area (Å²) in [6, 6.07) is 6.04. The average molecular weight is 347 g/mol. The third-order valence-electron chi connectivity index (χ3n) is 4.24. The lowest BCUT2D eigenvalue weighted by Crippen LogP contribution is -2.26. The molecule has 3 rings (SSSR count). The van der Waals surface area contributed by atoms with Crippen LogP contribution in [0.25, 0.3) is 0 Å². The SMILES string of the molecule is CCNC(=O)c1ccc(N2C[C@@H](O)C[C@@H]2c2cc(F)ccc2F)nc1. The number of nitrogens with one attached hydrogen (secondary N) is 1. The molecule has 1 fully saturated rings. The van der Waals surface area contributed by atoms with Crippen molar-refractivity contribution < 1.29 is 18.7 Å². The Kier molecular flexibility index (Phi) is 4.94. The lowest BCUT2D eigenvalue weighted by molar-refractivity contribution is 0.0955. The van der Waals surface area contributed by atoms with Crippen molar-refractivity contribution in [2.24, 2.45) is 0 Å². The molecule has 1 aromatic carbocycles. The molecule has 7 heteroatoms. The molecule has 0 radical (unpaired) electrons. The molecule has 132 valence electrons. The molecule has 1 aromatic heterocycles. The van der Waals surface area contributed by atoms with Gasteiger partial charge in [0.05, 0.1) is 17.7 Å². The second-order valence-corrected chi connectivity index (χ2v) is 5.99. The molecule has 25 heavy (non-hydrogen) atoms. The molecule has 1 aliphatic heterocycles. The Bertz CT molecular complexity index is 767. The standard InChI is InChI=1S/C18H19F2N3O2/c1-2-21-18(25)11-3-6-17(22-9-11)23-10-13(24)8-16(23)14-7-12(19)4-5-15(14)20/h3-7,9,13,16,24H,2,8,10H2,1H3,(H,21,25)/t13-,16+/m0/s1. The van der Waals surface area contributed by atoms with Crippen LogP contribution in [0.4, 0.5) is 14.6 Å². The molecule has 0 saturated carbocycles. The second kappa shape index (κ2) is 7.14. The maximum atomic E-state index is 14.1. The van der Waals surface area contributed by atoms with Gasteiger partial charge in [0.15, 0.2) is 0 Å². The monoisotopic (exact) mass is 347 g/mol. The fourth-order valence-corrected chi connectivity index (χ4v) is 3.08. The highest BCUT2D eigenvalue weighted by Gasteiger charge is 2.34. The summed E-state index contributed by atoms with van der Waals surface area (Å²) in [6.45, 7) is 2.59. The highest BCUT2D eigenvalue weighted by atomic mass is 19.1. The third kappa shape index (κ3) is 3.61. The van der Waals surface area contributed by atoms with Crippen molar-refractivity contribution in [2.45, 2.75) is 25.5 Å². The molecule has 0 aliphatic carbocycles. The van der Waals surface area contributed by atoms with Crippen LogP contribution in [-0.4, -0.2) is 35.2 Å². The predicted molar refractivity (Wildman–Crippen MR) is 89.3 cm³/mol. The van der Waals surface area contributed by atoms with E-state index in [1.807, 2.05) is 6.92 Å². The highest BCUT2D eigenvalue weighted by molar-refractivity contribution is 5.94. The van der Waals surface area contributed by atoms with Gasteiger partial charge in [-0.15, -0.1) is 0 Å². The number of halogens is 2. The minimum atomic E-state index is -0.669. The summed E-state index contributed by atoms with van der Waals surface area (Å²) in [5.74, 6) is -0.782. The number of β-amino-alcohol motifs (C(OH)–C–C–N with tert-alkyl or cyclic N) is 1. The first-order valence-corrected chi connectivity index (χ1v) is 8.13. The largest absolute Gasteiger partial charge is 0.391 e. The Labute approximate surface area is 144 Å². The molecular weight excluding hydrogens is 328 g/mol. The van der Waals surface area contributed by atoms with Gasteiger partial charge in [0, 0.05) is 24.8 Å². The van der Waals surface area contributed by atoms with Crippen LogP contribution in [0.1, 0.15) is 35.3 Å². The summed E-state index contributed by atoms with van der Waals surface area (Å²) in [7, 11) is 0. The Balaban J connectivity index is 1.89. The second-order valence-electron chi connectivity index (χ2n) is 5.99. The van der Waals surface area contributed by atoms with Gasteiger partial charge in [-0.25, -0.2) is 13.8 Å². The number of nitrogens with zero attached hydrogens (tertiary/aromatic N) is 2. The number of aliphatic hydroxyl groups excluding tert-OH is 1. The van der Waals surface area contributed by atoms with Crippen molar-refractivity contribution in [1.82, 2.24) is 10.3 Å². The van der Waals surface area contributed by atoms with E-state index in [0.717, 1.165) is 18.2 Å². The molecule has 1 aliphatic rings. The van der Waals surface area contributed by atoms with E-state index in [2.05, 4.69) is 10.3 Å². The summed E-state index contributed by atoms with van der Waals surface area (Å²) in [5, 5.41) is 12.7. The van der Waals surface area contributed by atoms with Gasteiger partial charge in [0.1, 0.15) is 17.5 Å². The van der Waals surface area contributed by atoms with Crippen molar-refractivity contribution in [3.63, 3.8) is 0 Å². The van der Waals surface area contributed by atoms with Crippen molar-refractivity contribution >= 4 is 11.7 Å². The summed E-state index contributed by atoms with van der Waals surface area (Å²) >= 11 is 0. The number of hydrogen-bond acceptors (Lipinski definition) is 4. The molecular formula is C18H19F2N3O2. The lowest BCUT2D eigenvalue weighted by Gasteiger charge is -2.26. The van der Waals surface area contributed by atoms with Crippen LogP contribution < -0.4 is 10.2 Å². The zero-order valence-electron chi connectivity index (χ0n) is 13.7. The number of carbonyl (C=O) groups excluding carboxylic acids is 1. The summed E-state index contributed by atoms with van der Waals surface area (Å²) < 4.78 is 27.7. The quantitative estimate of drug-likeness (QED) is 0.892. The van der Waals surface area contributed by atoms with Crippen LogP contribution in [0, 0.1) is 11.6 Å². The number of rotatable bonds is 4. The van der Waals surface area contributed by atoms with E-state index in [1.54, 1.807) is 17.0 Å². The van der Waals surface area contributed by atoms with Crippen LogP contribution in [0.15, 0.2) is 36.5 Å². The first kappa shape index (κ1) is 17.3. The molecule has 2 aromatic rings. The summed E-state index contributed by atoms with van der Waals surface area (Å²) in [4.78, 5) is 17.8. The highest BCUT2D eigenvalue weighted by Crippen LogP contribution is 2.36. The number of benzene rings is 1. The van der Waals surface area contributed by atoms with Crippen molar-refractivity contribution in [2.75, 3.05) is 18.0 Å². The van der Waals surface area contributed by atoms with E-state index in [1.165, 1.54) is 6.20 Å². The molecule has 0 spiro atoms. The van der Waals surface area contributed by atoms with Crippen LogP contribution in [0.3, 0.4) is 0 Å². The van der Waals surface area contributed by atoms with Gasteiger partial charge in [0.25, 0.3) is 5.91 Å². The summed E-state index contributed by atoms with van der Waals surface area (Å²) in [6.07, 6.45) is 1.04. The van der Waals surface area contributed by atoms with Crippen LogP contribution in [0.2, 0.25) is 0 Å². The molecule has 0 bridgehead atoms. The number of amides is 1. The minimum absolute atomic E-state index is 0.186. The maximum Gasteiger partial charge on any atom is 0.252 e. The number of anilines is 1. The van der Waals surface area contributed by atoms with E-state index in [0.29, 0.717) is 17.9 Å². The molecule has 2 atom stereocenters. The Hall–Kier alpha value is -2.54. The number of carbonyl (C=O) groups is 1. The number of pyridine rings is 1. The number of aliphatic hydroxyl groups is 1. The molecule has 2 heterocycles. The Morgan fingerprint density at radius 3 is 2.84 bits per heavy atom. The van der Waals surface area contributed by atoms with Gasteiger partial charge in [-0.1, -0.05) is 0 Å². The maximum absolute atomic E-state index is 14.1. The van der Waals surface area contributed by atoms with Crippen molar-refractivity contribution in [3.8, 4) is 0 Å². The first-order valence-electron chi connectivity index (χ1n) is 8.13. The number of hydrogen-bond donors (Lipinski definition) is 2. The van der Waals surface area contributed by atoms with Gasteiger partial charge < -0.3 is 15.3 Å². The molecule has 0 unspecified atom stereocenters. The first-order chi connectivity index (χ1) is 12.0. The molecule has 1 amide bonds. The van der Waals surface area contributed by atoms with Gasteiger partial charge >= 0.3 is 0 Å². The zero-order chi connectivity index (χ0) is 18.0. The molecule has 2 N–H and O–H groups in total. The van der Waals surface area contributed by atoms with E-state index < -0.39 is 23.8 Å². The fourth-order valence-electron chi connectivity index (χ4n) is 3.08. The smallest absolute Gasteiger partial charge is 0.252 e. The van der Waals surface area contributed by atoms with Crippen LogP contribution in [-0.2, 0) is 0 Å². The fraction of sp³-hybridized carbons (Fsp3) is 0.333. The zero-order valence-corrected chi connectivity index (χ0v) is 13.7. The molecule has 5 nitrogen and oxygen atoms in total.